The summed E-state index contributed by atoms with van der Waals surface area (Å²) >= 11 is 0. The van der Waals surface area contributed by atoms with Crippen molar-refractivity contribution in [2.75, 3.05) is 4.90 Å². The Labute approximate surface area is 341 Å². The van der Waals surface area contributed by atoms with Crippen LogP contribution in [0.4, 0.5) is 17.1 Å². The number of fused-ring (bicyclic) bond motifs is 10. The largest absolute Gasteiger partial charge is 0.310 e. The molecule has 2 bridgehead atoms. The quantitative estimate of drug-likeness (QED) is 0.164. The van der Waals surface area contributed by atoms with Crippen molar-refractivity contribution >= 4 is 17.1 Å². The summed E-state index contributed by atoms with van der Waals surface area (Å²) in [7, 11) is 0. The Morgan fingerprint density at radius 3 is 1.48 bits per heavy atom. The Bertz CT molecular complexity index is 3010. The highest BCUT2D eigenvalue weighted by molar-refractivity contribution is 6.10. The van der Waals surface area contributed by atoms with E-state index in [1.54, 1.807) is 0 Å². The van der Waals surface area contributed by atoms with Crippen molar-refractivity contribution in [3.63, 3.8) is 0 Å². The van der Waals surface area contributed by atoms with Gasteiger partial charge in [0.15, 0.2) is 0 Å². The summed E-state index contributed by atoms with van der Waals surface area (Å²) in [6, 6.07) is 78.3. The van der Waals surface area contributed by atoms with Crippen LogP contribution in [0.15, 0.2) is 212 Å². The van der Waals surface area contributed by atoms with Crippen LogP contribution in [-0.2, 0) is 5.41 Å². The van der Waals surface area contributed by atoms with Crippen LogP contribution in [0.5, 0.6) is 0 Å². The predicted molar refractivity (Wildman–Crippen MR) is 245 cm³/mol. The molecule has 2 aliphatic carbocycles. The standard InChI is InChI=1S/C57H41N/c1-57(2)53-27-14-13-25-49(53)50-33-32-44(37-54(50)57)58(42-30-28-39(29-31-42)38-16-5-3-6-17-38)43-21-15-20-41(36-43)55-52-35-34-45(40-18-7-4-8-19-40)56(55)51-26-12-11-23-47(51)46-22-9-10-24-48(46)52/h3-37H,1-2H3. The molecule has 9 aromatic rings. The number of hydrogen-bond donors (Lipinski definition) is 0. The normalized spacial score (nSPS) is 12.8. The van der Waals surface area contributed by atoms with E-state index in [0.717, 1.165) is 17.1 Å². The van der Waals surface area contributed by atoms with Gasteiger partial charge in [-0.05, 0) is 125 Å². The summed E-state index contributed by atoms with van der Waals surface area (Å²) < 4.78 is 0. The van der Waals surface area contributed by atoms with Gasteiger partial charge in [-0.3, -0.25) is 0 Å². The molecule has 58 heavy (non-hydrogen) atoms. The summed E-state index contributed by atoms with van der Waals surface area (Å²) in [4.78, 5) is 2.44. The van der Waals surface area contributed by atoms with Crippen molar-refractivity contribution < 1.29 is 0 Å². The molecule has 0 heterocycles. The van der Waals surface area contributed by atoms with Gasteiger partial charge in [0, 0.05) is 22.5 Å². The van der Waals surface area contributed by atoms with Crippen molar-refractivity contribution in [3.05, 3.63) is 223 Å². The zero-order valence-electron chi connectivity index (χ0n) is 32.7. The van der Waals surface area contributed by atoms with E-state index in [0.29, 0.717) is 0 Å². The molecule has 0 saturated carbocycles. The first-order chi connectivity index (χ1) is 28.5. The van der Waals surface area contributed by atoms with Gasteiger partial charge in [0.2, 0.25) is 0 Å². The molecule has 0 amide bonds. The summed E-state index contributed by atoms with van der Waals surface area (Å²) in [5.74, 6) is 0. The summed E-state index contributed by atoms with van der Waals surface area (Å²) in [5.41, 5.74) is 23.5. The topological polar surface area (TPSA) is 3.24 Å². The van der Waals surface area contributed by atoms with E-state index in [-0.39, 0.29) is 5.41 Å². The van der Waals surface area contributed by atoms with Gasteiger partial charge in [0.25, 0.3) is 0 Å². The molecule has 0 aliphatic heterocycles. The number of anilines is 3. The lowest BCUT2D eigenvalue weighted by atomic mass is 9.82. The van der Waals surface area contributed by atoms with Gasteiger partial charge in [0.1, 0.15) is 0 Å². The van der Waals surface area contributed by atoms with Crippen LogP contribution in [-0.4, -0.2) is 0 Å². The van der Waals surface area contributed by atoms with Crippen LogP contribution >= 0.6 is 0 Å². The highest BCUT2D eigenvalue weighted by Crippen LogP contribution is 2.54. The first kappa shape index (κ1) is 34.1. The molecule has 0 radical (unpaired) electrons. The van der Waals surface area contributed by atoms with Gasteiger partial charge in [-0.2, -0.15) is 0 Å². The van der Waals surface area contributed by atoms with Gasteiger partial charge in [-0.1, -0.05) is 190 Å². The second-order valence-electron chi connectivity index (χ2n) is 16.1. The molecule has 0 fully saturated rings. The van der Waals surface area contributed by atoms with Crippen LogP contribution in [0, 0.1) is 0 Å². The highest BCUT2D eigenvalue weighted by Gasteiger charge is 2.36. The van der Waals surface area contributed by atoms with Crippen molar-refractivity contribution in [1.82, 2.24) is 0 Å². The maximum Gasteiger partial charge on any atom is 0.0467 e. The summed E-state index contributed by atoms with van der Waals surface area (Å²) in [5, 5.41) is 0. The average molecular weight is 740 g/mol. The third kappa shape index (κ3) is 5.39. The number of hydrogen-bond acceptors (Lipinski definition) is 1. The van der Waals surface area contributed by atoms with Crippen LogP contribution in [0.2, 0.25) is 0 Å². The molecule has 274 valence electrons. The Morgan fingerprint density at radius 2 is 0.759 bits per heavy atom. The molecule has 0 unspecified atom stereocenters. The van der Waals surface area contributed by atoms with Gasteiger partial charge >= 0.3 is 0 Å². The SMILES string of the molecule is CC1(C)c2ccccc2-c2ccc(N(c3ccc(-c4ccccc4)cc3)c3cccc(-c4c5ccc(-c6ccccc6)c4-c4ccccc4-c4ccccc4-5)c3)cc21. The minimum Gasteiger partial charge on any atom is -0.310 e. The smallest absolute Gasteiger partial charge is 0.0467 e. The molecule has 2 aliphatic rings. The molecule has 0 spiro atoms. The third-order valence-electron chi connectivity index (χ3n) is 12.4. The van der Waals surface area contributed by atoms with Gasteiger partial charge in [-0.25, -0.2) is 0 Å². The summed E-state index contributed by atoms with van der Waals surface area (Å²) in [6.45, 7) is 4.72. The monoisotopic (exact) mass is 739 g/mol. The molecule has 0 aromatic heterocycles. The first-order valence-corrected chi connectivity index (χ1v) is 20.3. The fourth-order valence-electron chi connectivity index (χ4n) is 9.67. The van der Waals surface area contributed by atoms with E-state index >= 15 is 0 Å². The van der Waals surface area contributed by atoms with E-state index in [1.165, 1.54) is 89.0 Å². The Kier molecular flexibility index (Phi) is 7.91. The minimum atomic E-state index is -0.121. The van der Waals surface area contributed by atoms with Crippen LogP contribution in [0.1, 0.15) is 25.0 Å². The predicted octanol–water partition coefficient (Wildman–Crippen LogP) is 15.8. The van der Waals surface area contributed by atoms with Gasteiger partial charge in [-0.15, -0.1) is 0 Å². The lowest BCUT2D eigenvalue weighted by Crippen LogP contribution is -2.16. The van der Waals surface area contributed by atoms with E-state index in [4.69, 9.17) is 0 Å². The van der Waals surface area contributed by atoms with Crippen LogP contribution < -0.4 is 4.90 Å². The molecule has 1 heteroatoms. The molecule has 1 nitrogen and oxygen atoms in total. The zero-order chi connectivity index (χ0) is 38.8. The van der Waals surface area contributed by atoms with E-state index in [1.807, 2.05) is 0 Å². The van der Waals surface area contributed by atoms with E-state index in [9.17, 15) is 0 Å². The fourth-order valence-corrected chi connectivity index (χ4v) is 9.67. The summed E-state index contributed by atoms with van der Waals surface area (Å²) in [6.07, 6.45) is 0. The first-order valence-electron chi connectivity index (χ1n) is 20.3. The fraction of sp³-hybridized carbons (Fsp3) is 0.0526. The van der Waals surface area contributed by atoms with Crippen molar-refractivity contribution in [2.24, 2.45) is 0 Å². The third-order valence-corrected chi connectivity index (χ3v) is 12.4. The van der Waals surface area contributed by atoms with Crippen LogP contribution in [0.3, 0.4) is 0 Å². The number of nitrogens with zero attached hydrogens (tertiary/aromatic N) is 1. The second kappa shape index (κ2) is 13.5. The molecule has 0 atom stereocenters. The molecule has 0 saturated heterocycles. The van der Waals surface area contributed by atoms with E-state index in [2.05, 4.69) is 231 Å². The zero-order valence-corrected chi connectivity index (χ0v) is 32.7. The van der Waals surface area contributed by atoms with Crippen molar-refractivity contribution in [2.45, 2.75) is 19.3 Å². The van der Waals surface area contributed by atoms with E-state index < -0.39 is 0 Å². The minimum absolute atomic E-state index is 0.121. The lowest BCUT2D eigenvalue weighted by Gasteiger charge is -2.29. The van der Waals surface area contributed by atoms with Gasteiger partial charge in [0.05, 0.1) is 0 Å². The molecular formula is C57H41N. The van der Waals surface area contributed by atoms with Crippen LogP contribution in [0.25, 0.3) is 77.9 Å². The maximum atomic E-state index is 2.44. The number of benzene rings is 9. The van der Waals surface area contributed by atoms with Crippen molar-refractivity contribution in [1.29, 1.82) is 0 Å². The average Bonchev–Trinajstić information content (AvgIpc) is 3.47. The second-order valence-corrected chi connectivity index (χ2v) is 16.1. The highest BCUT2D eigenvalue weighted by atomic mass is 15.1. The molecule has 11 rings (SSSR count). The Hall–Kier alpha value is -7.22. The molecule has 9 aromatic carbocycles. The maximum absolute atomic E-state index is 2.44. The van der Waals surface area contributed by atoms with Gasteiger partial charge < -0.3 is 4.90 Å². The molecular weight excluding hydrogens is 699 g/mol. The Balaban J connectivity index is 1.14. The lowest BCUT2D eigenvalue weighted by molar-refractivity contribution is 0.660. The molecule has 0 N–H and O–H groups in total. The Morgan fingerprint density at radius 1 is 0.276 bits per heavy atom. The van der Waals surface area contributed by atoms with Crippen molar-refractivity contribution in [3.8, 4) is 77.9 Å². The number of rotatable bonds is 6.